The molecule has 1 aromatic heterocycles. The smallest absolute Gasteiger partial charge is 0.252 e. The predicted octanol–water partition coefficient (Wildman–Crippen LogP) is 2.51. The zero-order valence-corrected chi connectivity index (χ0v) is 15.5. The lowest BCUT2D eigenvalue weighted by Crippen LogP contribution is -2.49. The first kappa shape index (κ1) is 19.3. The van der Waals surface area contributed by atoms with Crippen molar-refractivity contribution in [2.45, 2.75) is 18.5 Å². The van der Waals surface area contributed by atoms with E-state index in [2.05, 4.69) is 20.9 Å². The Morgan fingerprint density at radius 1 is 1.33 bits per heavy atom. The quantitative estimate of drug-likeness (QED) is 0.601. The van der Waals surface area contributed by atoms with Crippen LogP contribution in [-0.2, 0) is 4.74 Å². The second-order valence-corrected chi connectivity index (χ2v) is 6.66. The molecule has 5 N–H and O–H groups in total. The number of carbonyl (C=O) groups excluding carboxylic acids is 1. The molecule has 2 unspecified atom stereocenters. The minimum atomic E-state index is -0.781. The number of pyridine rings is 1. The number of halogens is 2. The normalized spacial score (nSPS) is 19.5. The van der Waals surface area contributed by atoms with Gasteiger partial charge in [-0.3, -0.25) is 4.79 Å². The molecular weight excluding hydrogens is 373 g/mol. The highest BCUT2D eigenvalue weighted by molar-refractivity contribution is 6.30. The first-order chi connectivity index (χ1) is 13.0. The van der Waals surface area contributed by atoms with Crippen molar-refractivity contribution in [3.8, 4) is 0 Å². The second kappa shape index (κ2) is 8.51. The average Bonchev–Trinajstić information content (AvgIpc) is 2.64. The molecule has 3 rings (SSSR count). The highest BCUT2D eigenvalue weighted by atomic mass is 35.5. The highest BCUT2D eigenvalue weighted by Crippen LogP contribution is 2.26. The van der Waals surface area contributed by atoms with Crippen LogP contribution in [0.15, 0.2) is 30.3 Å². The second-order valence-electron chi connectivity index (χ2n) is 6.22. The van der Waals surface area contributed by atoms with Gasteiger partial charge in [-0.1, -0.05) is 17.7 Å². The van der Waals surface area contributed by atoms with Crippen molar-refractivity contribution in [2.75, 3.05) is 30.9 Å². The average molecular weight is 394 g/mol. The van der Waals surface area contributed by atoms with Gasteiger partial charge in [0, 0.05) is 23.4 Å². The van der Waals surface area contributed by atoms with E-state index in [1.807, 2.05) is 7.05 Å². The number of benzene rings is 1. The number of nitrogens with one attached hydrogen (secondary N) is 3. The molecule has 1 saturated heterocycles. The van der Waals surface area contributed by atoms with Crippen LogP contribution in [0.5, 0.6) is 0 Å². The number of primary amides is 1. The molecule has 0 radical (unpaired) electrons. The van der Waals surface area contributed by atoms with E-state index in [0.717, 1.165) is 6.07 Å². The summed E-state index contributed by atoms with van der Waals surface area (Å²) in [5.41, 5.74) is 5.95. The first-order valence-electron chi connectivity index (χ1n) is 8.52. The molecule has 0 spiro atoms. The maximum Gasteiger partial charge on any atom is 0.252 e. The van der Waals surface area contributed by atoms with Gasteiger partial charge >= 0.3 is 0 Å². The summed E-state index contributed by atoms with van der Waals surface area (Å²) in [6.07, 6.45) is 0.696. The number of likely N-dealkylation sites (N-methyl/N-ethyl adjacent to an activating group) is 1. The minimum absolute atomic E-state index is 0.0140. The zero-order chi connectivity index (χ0) is 19.4. The Morgan fingerprint density at radius 3 is 2.85 bits per heavy atom. The maximum atomic E-state index is 14.5. The number of hydrogen-bond donors (Lipinski definition) is 4. The molecule has 0 bridgehead atoms. The SMILES string of the molecule is CNC1COCCC1Nc1nc(Nc2cccc(Cl)c2)c(C(N)=O)cc1F. The number of nitrogens with zero attached hydrogens (tertiary/aromatic N) is 1. The van der Waals surface area contributed by atoms with Crippen molar-refractivity contribution in [3.63, 3.8) is 0 Å². The summed E-state index contributed by atoms with van der Waals surface area (Å²) in [6, 6.07) is 7.92. The van der Waals surface area contributed by atoms with Crippen LogP contribution < -0.4 is 21.7 Å². The van der Waals surface area contributed by atoms with Gasteiger partial charge < -0.3 is 26.4 Å². The molecule has 2 heterocycles. The van der Waals surface area contributed by atoms with E-state index < -0.39 is 11.7 Å². The van der Waals surface area contributed by atoms with E-state index in [0.29, 0.717) is 30.3 Å². The Morgan fingerprint density at radius 2 is 2.15 bits per heavy atom. The topological polar surface area (TPSA) is 101 Å². The van der Waals surface area contributed by atoms with Crippen molar-refractivity contribution >= 4 is 34.8 Å². The Hall–Kier alpha value is -2.42. The van der Waals surface area contributed by atoms with Crippen molar-refractivity contribution in [1.82, 2.24) is 10.3 Å². The minimum Gasteiger partial charge on any atom is -0.380 e. The summed E-state index contributed by atoms with van der Waals surface area (Å²) in [7, 11) is 1.82. The zero-order valence-electron chi connectivity index (χ0n) is 14.8. The summed E-state index contributed by atoms with van der Waals surface area (Å²) in [5.74, 6) is -1.24. The van der Waals surface area contributed by atoms with E-state index in [1.54, 1.807) is 24.3 Å². The molecule has 0 saturated carbocycles. The first-order valence-corrected chi connectivity index (χ1v) is 8.90. The Balaban J connectivity index is 1.91. The largest absolute Gasteiger partial charge is 0.380 e. The van der Waals surface area contributed by atoms with E-state index in [4.69, 9.17) is 22.1 Å². The summed E-state index contributed by atoms with van der Waals surface area (Å²) >= 11 is 5.99. The fraction of sp³-hybridized carbons (Fsp3) is 0.333. The van der Waals surface area contributed by atoms with Gasteiger partial charge in [0.05, 0.1) is 18.2 Å². The van der Waals surface area contributed by atoms with Gasteiger partial charge in [-0.25, -0.2) is 9.37 Å². The summed E-state index contributed by atoms with van der Waals surface area (Å²) in [5, 5.41) is 9.74. The van der Waals surface area contributed by atoms with Crippen molar-refractivity contribution in [3.05, 3.63) is 46.7 Å². The summed E-state index contributed by atoms with van der Waals surface area (Å²) in [6.45, 7) is 1.09. The van der Waals surface area contributed by atoms with E-state index in [1.165, 1.54) is 0 Å². The third kappa shape index (κ3) is 4.65. The molecular formula is C18H21ClFN5O2. The van der Waals surface area contributed by atoms with Crippen molar-refractivity contribution in [2.24, 2.45) is 5.73 Å². The molecule has 27 heavy (non-hydrogen) atoms. The lowest BCUT2D eigenvalue weighted by molar-refractivity contribution is 0.0656. The maximum absolute atomic E-state index is 14.5. The number of hydrogen-bond acceptors (Lipinski definition) is 6. The van der Waals surface area contributed by atoms with Gasteiger partial charge in [-0.05, 0) is 37.7 Å². The van der Waals surface area contributed by atoms with Crippen molar-refractivity contribution in [1.29, 1.82) is 0 Å². The fourth-order valence-corrected chi connectivity index (χ4v) is 3.14. The van der Waals surface area contributed by atoms with E-state index >= 15 is 0 Å². The van der Waals surface area contributed by atoms with Crippen molar-refractivity contribution < 1.29 is 13.9 Å². The van der Waals surface area contributed by atoms with Crippen LogP contribution >= 0.6 is 11.6 Å². The van der Waals surface area contributed by atoms with Gasteiger partial charge in [0.25, 0.3) is 5.91 Å². The molecule has 9 heteroatoms. The monoisotopic (exact) mass is 393 g/mol. The van der Waals surface area contributed by atoms with Crippen LogP contribution in [0.3, 0.4) is 0 Å². The van der Waals surface area contributed by atoms with Crippen LogP contribution in [0.1, 0.15) is 16.8 Å². The molecule has 2 aromatic rings. The highest BCUT2D eigenvalue weighted by Gasteiger charge is 2.26. The molecule has 1 fully saturated rings. The predicted molar refractivity (Wildman–Crippen MR) is 103 cm³/mol. The summed E-state index contributed by atoms with van der Waals surface area (Å²) < 4.78 is 20.0. The van der Waals surface area contributed by atoms with E-state index in [-0.39, 0.29) is 29.3 Å². The number of rotatable bonds is 6. The number of nitrogens with two attached hydrogens (primary N) is 1. The molecule has 1 aliphatic rings. The molecule has 1 amide bonds. The van der Waals surface area contributed by atoms with Gasteiger partial charge in [-0.2, -0.15) is 0 Å². The molecule has 0 aliphatic carbocycles. The van der Waals surface area contributed by atoms with Crippen LogP contribution in [-0.4, -0.2) is 43.2 Å². The number of ether oxygens (including phenoxy) is 1. The molecule has 1 aromatic carbocycles. The standard InChI is InChI=1S/C18H21ClFN5O2/c1-22-15-9-27-6-5-14(15)24-18-13(20)8-12(16(21)26)17(25-18)23-11-4-2-3-10(19)7-11/h2-4,7-8,14-15,22H,5-6,9H2,1H3,(H2,21,26)(H2,23,24,25). The Bertz CT molecular complexity index is 835. The van der Waals surface area contributed by atoms with Gasteiger partial charge in [0.15, 0.2) is 11.6 Å². The fourth-order valence-electron chi connectivity index (χ4n) is 2.95. The van der Waals surface area contributed by atoms with Crippen LogP contribution in [0, 0.1) is 5.82 Å². The van der Waals surface area contributed by atoms with Crippen LogP contribution in [0.2, 0.25) is 5.02 Å². The van der Waals surface area contributed by atoms with Crippen LogP contribution in [0.25, 0.3) is 0 Å². The molecule has 2 atom stereocenters. The Labute approximate surface area is 161 Å². The lowest BCUT2D eigenvalue weighted by atomic mass is 10.0. The number of carbonyl (C=O) groups is 1. The molecule has 1 aliphatic heterocycles. The van der Waals surface area contributed by atoms with Gasteiger partial charge in [0.2, 0.25) is 0 Å². The number of aromatic nitrogens is 1. The van der Waals surface area contributed by atoms with Gasteiger partial charge in [-0.15, -0.1) is 0 Å². The third-order valence-electron chi connectivity index (χ3n) is 4.38. The van der Waals surface area contributed by atoms with Gasteiger partial charge in [0.1, 0.15) is 5.82 Å². The lowest BCUT2D eigenvalue weighted by Gasteiger charge is -2.32. The molecule has 144 valence electrons. The van der Waals surface area contributed by atoms with Crippen LogP contribution in [0.4, 0.5) is 21.7 Å². The third-order valence-corrected chi connectivity index (χ3v) is 4.61. The molecule has 7 nitrogen and oxygen atoms in total. The van der Waals surface area contributed by atoms with E-state index in [9.17, 15) is 9.18 Å². The summed E-state index contributed by atoms with van der Waals surface area (Å²) in [4.78, 5) is 16.0. The number of amides is 1. The number of anilines is 3. The Kier molecular flexibility index (Phi) is 6.10.